The maximum absolute atomic E-state index is 11.6. The van der Waals surface area contributed by atoms with Crippen LogP contribution in [0, 0.1) is 0 Å². The van der Waals surface area contributed by atoms with Crippen molar-refractivity contribution in [3.05, 3.63) is 35.9 Å². The van der Waals surface area contributed by atoms with E-state index in [2.05, 4.69) is 5.32 Å². The van der Waals surface area contributed by atoms with Crippen molar-refractivity contribution in [1.82, 2.24) is 5.32 Å². The van der Waals surface area contributed by atoms with Gasteiger partial charge in [0.05, 0.1) is 12.7 Å². The van der Waals surface area contributed by atoms with Crippen LogP contribution in [0.4, 0.5) is 4.79 Å². The minimum atomic E-state index is -1.25. The maximum Gasteiger partial charge on any atom is 0.408 e. The van der Waals surface area contributed by atoms with Gasteiger partial charge in [0.25, 0.3) is 0 Å². The molecule has 0 spiro atoms. The normalized spacial score (nSPS) is 13.2. The first kappa shape index (κ1) is 16.9. The second kappa shape index (κ2) is 8.93. The number of ether oxygens (including phenoxy) is 2. The van der Waals surface area contributed by atoms with E-state index in [-0.39, 0.29) is 19.6 Å². The number of rotatable bonds is 8. The number of hydrogen-bond acceptors (Lipinski definition) is 5. The number of aliphatic carboxylic acids is 1. The van der Waals surface area contributed by atoms with Gasteiger partial charge in [0.15, 0.2) is 0 Å². The van der Waals surface area contributed by atoms with E-state index in [0.717, 1.165) is 5.56 Å². The molecule has 1 aromatic rings. The second-order valence-corrected chi connectivity index (χ2v) is 4.44. The zero-order valence-electron chi connectivity index (χ0n) is 11.7. The highest BCUT2D eigenvalue weighted by Crippen LogP contribution is 2.03. The smallest absolute Gasteiger partial charge is 0.408 e. The molecule has 0 aliphatic carbocycles. The topological polar surface area (TPSA) is 105 Å². The van der Waals surface area contributed by atoms with Crippen molar-refractivity contribution in [1.29, 1.82) is 0 Å². The molecule has 1 amide bonds. The molecule has 7 heteroatoms. The third-order valence-electron chi connectivity index (χ3n) is 2.67. The van der Waals surface area contributed by atoms with Crippen LogP contribution in [0.25, 0.3) is 0 Å². The Kier molecular flexibility index (Phi) is 7.20. The van der Waals surface area contributed by atoms with E-state index in [1.54, 1.807) is 24.3 Å². The van der Waals surface area contributed by atoms with Gasteiger partial charge in [0.2, 0.25) is 0 Å². The van der Waals surface area contributed by atoms with Crippen molar-refractivity contribution in [2.24, 2.45) is 0 Å². The average Bonchev–Trinajstić information content (AvgIpc) is 2.45. The molecule has 0 bridgehead atoms. The van der Waals surface area contributed by atoms with Crippen LogP contribution in [0.1, 0.15) is 12.0 Å². The Labute approximate surface area is 122 Å². The van der Waals surface area contributed by atoms with E-state index in [4.69, 9.17) is 14.6 Å². The molecule has 2 unspecified atom stereocenters. The number of carboxylic acids is 1. The molecule has 1 rings (SSSR count). The van der Waals surface area contributed by atoms with Gasteiger partial charge in [-0.2, -0.15) is 0 Å². The summed E-state index contributed by atoms with van der Waals surface area (Å²) in [5.41, 5.74) is 0.791. The molecule has 0 saturated heterocycles. The highest BCUT2D eigenvalue weighted by atomic mass is 16.5. The summed E-state index contributed by atoms with van der Waals surface area (Å²) >= 11 is 0. The van der Waals surface area contributed by atoms with Gasteiger partial charge in [-0.3, -0.25) is 0 Å². The third kappa shape index (κ3) is 6.73. The van der Waals surface area contributed by atoms with E-state index in [1.807, 2.05) is 6.07 Å². The first-order valence-electron chi connectivity index (χ1n) is 6.40. The van der Waals surface area contributed by atoms with Gasteiger partial charge in [-0.05, 0) is 5.56 Å². The lowest BCUT2D eigenvalue weighted by molar-refractivity contribution is -0.140. The quantitative estimate of drug-likeness (QED) is 0.654. The minimum absolute atomic E-state index is 0.00940. The molecule has 0 aliphatic heterocycles. The molecule has 2 atom stereocenters. The van der Waals surface area contributed by atoms with Crippen LogP contribution >= 0.6 is 0 Å². The minimum Gasteiger partial charge on any atom is -0.480 e. The van der Waals surface area contributed by atoms with Gasteiger partial charge >= 0.3 is 12.1 Å². The molecule has 21 heavy (non-hydrogen) atoms. The summed E-state index contributed by atoms with van der Waals surface area (Å²) in [6, 6.07) is 7.77. The van der Waals surface area contributed by atoms with E-state index < -0.39 is 24.2 Å². The van der Waals surface area contributed by atoms with Gasteiger partial charge in [-0.25, -0.2) is 9.59 Å². The Balaban J connectivity index is 2.43. The summed E-state index contributed by atoms with van der Waals surface area (Å²) in [5.74, 6) is -1.25. The Morgan fingerprint density at radius 1 is 1.29 bits per heavy atom. The average molecular weight is 297 g/mol. The zero-order valence-corrected chi connectivity index (χ0v) is 11.7. The van der Waals surface area contributed by atoms with E-state index in [1.165, 1.54) is 7.11 Å². The summed E-state index contributed by atoms with van der Waals surface area (Å²) in [4.78, 5) is 22.6. The standard InChI is InChI=1S/C14H19NO6/c1-20-9-11(16)7-12(13(17)18)15-14(19)21-8-10-5-3-2-4-6-10/h2-6,11-12,16H,7-9H2,1H3,(H,15,19)(H,17,18). The van der Waals surface area contributed by atoms with Crippen LogP contribution in [0.3, 0.4) is 0 Å². The van der Waals surface area contributed by atoms with Crippen molar-refractivity contribution < 1.29 is 29.3 Å². The summed E-state index contributed by atoms with van der Waals surface area (Å²) in [5, 5.41) is 20.7. The van der Waals surface area contributed by atoms with Gasteiger partial charge < -0.3 is 25.0 Å². The SMILES string of the molecule is COCC(O)CC(NC(=O)OCc1ccccc1)C(=O)O. The summed E-state index contributed by atoms with van der Waals surface area (Å²) in [6.07, 6.45) is -2.00. The molecule has 3 N–H and O–H groups in total. The highest BCUT2D eigenvalue weighted by molar-refractivity contribution is 5.79. The molecular weight excluding hydrogens is 278 g/mol. The van der Waals surface area contributed by atoms with Gasteiger partial charge in [0, 0.05) is 13.5 Å². The van der Waals surface area contributed by atoms with E-state index in [9.17, 15) is 14.7 Å². The van der Waals surface area contributed by atoms with Crippen LogP contribution in [-0.4, -0.2) is 48.1 Å². The fourth-order valence-corrected chi connectivity index (χ4v) is 1.66. The Bertz CT molecular complexity index is 450. The number of alkyl carbamates (subject to hydrolysis) is 1. The van der Waals surface area contributed by atoms with Crippen molar-refractivity contribution in [2.45, 2.75) is 25.2 Å². The van der Waals surface area contributed by atoms with Crippen LogP contribution in [-0.2, 0) is 20.9 Å². The molecular formula is C14H19NO6. The second-order valence-electron chi connectivity index (χ2n) is 4.44. The van der Waals surface area contributed by atoms with Crippen molar-refractivity contribution in [3.63, 3.8) is 0 Å². The first-order chi connectivity index (χ1) is 10.0. The van der Waals surface area contributed by atoms with Crippen molar-refractivity contribution in [3.8, 4) is 0 Å². The Morgan fingerprint density at radius 3 is 2.52 bits per heavy atom. The molecule has 0 saturated carbocycles. The summed E-state index contributed by atoms with van der Waals surface area (Å²) < 4.78 is 9.63. The fourth-order valence-electron chi connectivity index (χ4n) is 1.66. The molecule has 0 aliphatic rings. The lowest BCUT2D eigenvalue weighted by Crippen LogP contribution is -2.43. The summed E-state index contributed by atoms with van der Waals surface area (Å²) in [6.45, 7) is 0.0319. The van der Waals surface area contributed by atoms with Gasteiger partial charge in [-0.15, -0.1) is 0 Å². The Morgan fingerprint density at radius 2 is 1.95 bits per heavy atom. The van der Waals surface area contributed by atoms with Crippen LogP contribution in [0.15, 0.2) is 30.3 Å². The number of aliphatic hydroxyl groups is 1. The van der Waals surface area contributed by atoms with Crippen LogP contribution < -0.4 is 5.32 Å². The highest BCUT2D eigenvalue weighted by Gasteiger charge is 2.24. The zero-order chi connectivity index (χ0) is 15.7. The number of hydrogen-bond donors (Lipinski definition) is 3. The lowest BCUT2D eigenvalue weighted by atomic mass is 10.1. The number of nitrogens with one attached hydrogen (secondary N) is 1. The molecule has 0 aromatic heterocycles. The Hall–Kier alpha value is -2.12. The molecule has 7 nitrogen and oxygen atoms in total. The van der Waals surface area contributed by atoms with Crippen LogP contribution in [0.2, 0.25) is 0 Å². The molecule has 0 radical (unpaired) electrons. The van der Waals surface area contributed by atoms with E-state index in [0.29, 0.717) is 0 Å². The fraction of sp³-hybridized carbons (Fsp3) is 0.429. The number of carbonyl (C=O) groups is 2. The molecule has 0 heterocycles. The maximum atomic E-state index is 11.6. The third-order valence-corrected chi connectivity index (χ3v) is 2.67. The number of methoxy groups -OCH3 is 1. The number of amides is 1. The predicted molar refractivity (Wildman–Crippen MR) is 73.7 cm³/mol. The number of aliphatic hydroxyl groups excluding tert-OH is 1. The van der Waals surface area contributed by atoms with Crippen molar-refractivity contribution in [2.75, 3.05) is 13.7 Å². The molecule has 0 fully saturated rings. The van der Waals surface area contributed by atoms with Gasteiger partial charge in [-0.1, -0.05) is 30.3 Å². The first-order valence-corrected chi connectivity index (χ1v) is 6.40. The number of carboxylic acid groups (broad SMARTS) is 1. The van der Waals surface area contributed by atoms with Crippen molar-refractivity contribution >= 4 is 12.1 Å². The predicted octanol–water partition coefficient (Wildman–Crippen LogP) is 0.763. The van der Waals surface area contributed by atoms with E-state index >= 15 is 0 Å². The number of carbonyl (C=O) groups excluding carboxylic acids is 1. The lowest BCUT2D eigenvalue weighted by Gasteiger charge is -2.17. The van der Waals surface area contributed by atoms with Crippen LogP contribution in [0.5, 0.6) is 0 Å². The molecule has 116 valence electrons. The number of benzene rings is 1. The van der Waals surface area contributed by atoms with Gasteiger partial charge in [0.1, 0.15) is 12.6 Å². The monoisotopic (exact) mass is 297 g/mol. The molecule has 1 aromatic carbocycles. The largest absolute Gasteiger partial charge is 0.480 e. The summed E-state index contributed by atoms with van der Waals surface area (Å²) in [7, 11) is 1.39.